The van der Waals surface area contributed by atoms with Crippen LogP contribution >= 0.6 is 11.6 Å². The summed E-state index contributed by atoms with van der Waals surface area (Å²) in [6.07, 6.45) is 5.10. The van der Waals surface area contributed by atoms with Gasteiger partial charge in [-0.15, -0.1) is 0 Å². The second-order valence-corrected chi connectivity index (χ2v) is 13.9. The number of piperazine rings is 1. The van der Waals surface area contributed by atoms with Crippen molar-refractivity contribution in [2.24, 2.45) is 0 Å². The van der Waals surface area contributed by atoms with Gasteiger partial charge in [0.15, 0.2) is 5.82 Å². The average Bonchev–Trinajstić information content (AvgIpc) is 3.48. The summed E-state index contributed by atoms with van der Waals surface area (Å²) in [6.45, 7) is 6.71. The first-order valence-electron chi connectivity index (χ1n) is 14.8. The van der Waals surface area contributed by atoms with E-state index in [1.54, 1.807) is 7.11 Å². The summed E-state index contributed by atoms with van der Waals surface area (Å²) in [5.41, 5.74) is 2.76. The molecule has 44 heavy (non-hydrogen) atoms. The van der Waals surface area contributed by atoms with Crippen molar-refractivity contribution in [3.8, 4) is 5.75 Å². The maximum atomic E-state index is 14.6. The van der Waals surface area contributed by atoms with E-state index in [2.05, 4.69) is 48.4 Å². The molecule has 0 unspecified atom stereocenters. The Morgan fingerprint density at radius 2 is 1.73 bits per heavy atom. The van der Waals surface area contributed by atoms with E-state index in [4.69, 9.17) is 16.3 Å². The van der Waals surface area contributed by atoms with Crippen molar-refractivity contribution in [3.05, 3.63) is 52.9 Å². The fraction of sp³-hybridized carbons (Fsp3) is 0.467. The summed E-state index contributed by atoms with van der Waals surface area (Å²) in [4.78, 5) is 16.3. The molecule has 11 nitrogen and oxygen atoms in total. The second-order valence-electron chi connectivity index (χ2n) is 11.6. The quantitative estimate of drug-likeness (QED) is 0.369. The van der Waals surface area contributed by atoms with Gasteiger partial charge in [-0.25, -0.2) is 17.8 Å². The van der Waals surface area contributed by atoms with Gasteiger partial charge in [0, 0.05) is 69.2 Å². The number of likely N-dealkylation sites (N-methyl/N-ethyl adjacent to an activating group) is 1. The summed E-state index contributed by atoms with van der Waals surface area (Å²) in [5.74, 6) is 0.700. The third-order valence-electron chi connectivity index (χ3n) is 8.75. The number of piperidine rings is 1. The number of hydrogen-bond donors (Lipinski definition) is 2. The van der Waals surface area contributed by atoms with Crippen molar-refractivity contribution in [2.45, 2.75) is 25.3 Å². The molecule has 0 radical (unpaired) electrons. The van der Waals surface area contributed by atoms with Gasteiger partial charge in [-0.1, -0.05) is 11.6 Å². The zero-order valence-electron chi connectivity index (χ0n) is 25.2. The molecule has 236 valence electrons. The maximum absolute atomic E-state index is 14.6. The molecule has 3 aliphatic heterocycles. The van der Waals surface area contributed by atoms with E-state index in [1.807, 2.05) is 12.1 Å². The van der Waals surface area contributed by atoms with Gasteiger partial charge in [-0.05, 0) is 50.6 Å². The van der Waals surface area contributed by atoms with Crippen molar-refractivity contribution in [3.63, 3.8) is 0 Å². The van der Waals surface area contributed by atoms with E-state index in [0.29, 0.717) is 28.7 Å². The molecule has 0 saturated carbocycles. The van der Waals surface area contributed by atoms with E-state index >= 15 is 0 Å². The number of nitrogens with zero attached hydrogens (tertiary/aromatic N) is 6. The highest BCUT2D eigenvalue weighted by Crippen LogP contribution is 2.41. The molecule has 14 heteroatoms. The third kappa shape index (κ3) is 6.37. The van der Waals surface area contributed by atoms with Crippen molar-refractivity contribution in [1.82, 2.24) is 19.8 Å². The normalized spacial score (nSPS) is 18.4. The van der Waals surface area contributed by atoms with Crippen molar-refractivity contribution >= 4 is 56.1 Å². The Balaban J connectivity index is 1.16. The number of anilines is 6. The molecule has 3 aliphatic rings. The standard InChI is InChI=1S/C30H38ClFN8O3S/c1-37-14-16-39(17-15-37)20-8-11-38(12-9-20)21-4-6-25(27(18-21)43-2)35-30-33-19-23(31)29(36-30)34-26-7-5-24(32)22-10-13-40(28(22)26)44(3,41)42/h4-7,18-20H,8-17H2,1-3H3,(H2,33,34,35,36). The van der Waals surface area contributed by atoms with Crippen LogP contribution in [0.5, 0.6) is 5.75 Å². The number of sulfonamides is 1. The van der Waals surface area contributed by atoms with Gasteiger partial charge in [-0.2, -0.15) is 4.98 Å². The van der Waals surface area contributed by atoms with Gasteiger partial charge in [0.25, 0.3) is 0 Å². The molecule has 0 atom stereocenters. The highest BCUT2D eigenvalue weighted by atomic mass is 35.5. The Morgan fingerprint density at radius 1 is 1.00 bits per heavy atom. The lowest BCUT2D eigenvalue weighted by Crippen LogP contribution is -2.52. The minimum atomic E-state index is -3.61. The van der Waals surface area contributed by atoms with E-state index in [9.17, 15) is 12.8 Å². The van der Waals surface area contributed by atoms with Gasteiger partial charge < -0.3 is 25.2 Å². The van der Waals surface area contributed by atoms with Crippen LogP contribution in [0.15, 0.2) is 36.5 Å². The zero-order valence-corrected chi connectivity index (χ0v) is 26.8. The van der Waals surface area contributed by atoms with Crippen LogP contribution in [0.3, 0.4) is 0 Å². The van der Waals surface area contributed by atoms with Crippen LogP contribution in [0.25, 0.3) is 0 Å². The van der Waals surface area contributed by atoms with Crippen molar-refractivity contribution < 1.29 is 17.5 Å². The number of rotatable bonds is 8. The largest absolute Gasteiger partial charge is 0.494 e. The number of aromatic nitrogens is 2. The Hall–Kier alpha value is -3.39. The van der Waals surface area contributed by atoms with E-state index in [1.165, 1.54) is 22.6 Å². The molecule has 1 aromatic heterocycles. The molecule has 0 bridgehead atoms. The fourth-order valence-electron chi connectivity index (χ4n) is 6.31. The first-order chi connectivity index (χ1) is 21.1. The molecule has 2 aromatic carbocycles. The topological polar surface area (TPSA) is 106 Å². The number of methoxy groups -OCH3 is 1. The Labute approximate surface area is 263 Å². The molecule has 4 heterocycles. The van der Waals surface area contributed by atoms with Gasteiger partial charge in [-0.3, -0.25) is 9.21 Å². The second kappa shape index (κ2) is 12.5. The lowest BCUT2D eigenvalue weighted by Gasteiger charge is -2.42. The highest BCUT2D eigenvalue weighted by Gasteiger charge is 2.32. The van der Waals surface area contributed by atoms with Crippen molar-refractivity contribution in [2.75, 3.05) is 86.1 Å². The van der Waals surface area contributed by atoms with Gasteiger partial charge in [0.1, 0.15) is 16.6 Å². The predicted molar refractivity (Wildman–Crippen MR) is 173 cm³/mol. The Bertz CT molecular complexity index is 1630. The fourth-order valence-corrected chi connectivity index (χ4v) is 7.41. The number of ether oxygens (including phenoxy) is 1. The van der Waals surface area contributed by atoms with Gasteiger partial charge >= 0.3 is 0 Å². The summed E-state index contributed by atoms with van der Waals surface area (Å²) in [7, 11) is 0.209. The molecule has 2 saturated heterocycles. The molecule has 0 amide bonds. The molecular formula is C30H38ClFN8O3S. The van der Waals surface area contributed by atoms with Gasteiger partial charge in [0.2, 0.25) is 16.0 Å². The van der Waals surface area contributed by atoms with Crippen LogP contribution in [0.4, 0.5) is 38.9 Å². The van der Waals surface area contributed by atoms with Crippen LogP contribution in [-0.4, -0.2) is 100 Å². The summed E-state index contributed by atoms with van der Waals surface area (Å²) in [6, 6.07) is 9.47. The maximum Gasteiger partial charge on any atom is 0.232 e. The predicted octanol–water partition coefficient (Wildman–Crippen LogP) is 4.30. The Morgan fingerprint density at radius 3 is 2.43 bits per heavy atom. The van der Waals surface area contributed by atoms with E-state index in [-0.39, 0.29) is 35.4 Å². The first-order valence-corrected chi connectivity index (χ1v) is 17.0. The van der Waals surface area contributed by atoms with Crippen LogP contribution in [0.2, 0.25) is 5.02 Å². The first kappa shape index (κ1) is 30.6. The molecule has 2 N–H and O–H groups in total. The zero-order chi connectivity index (χ0) is 31.0. The number of benzene rings is 2. The molecule has 2 fully saturated rings. The van der Waals surface area contributed by atoms with Crippen LogP contribution < -0.4 is 24.6 Å². The Kier molecular flexibility index (Phi) is 8.73. The molecule has 0 spiro atoms. The average molecular weight is 645 g/mol. The lowest BCUT2D eigenvalue weighted by atomic mass is 10.0. The van der Waals surface area contributed by atoms with Crippen LogP contribution in [-0.2, 0) is 16.4 Å². The van der Waals surface area contributed by atoms with Crippen molar-refractivity contribution in [1.29, 1.82) is 0 Å². The molecular weight excluding hydrogens is 607 g/mol. The van der Waals surface area contributed by atoms with Crippen LogP contribution in [0.1, 0.15) is 18.4 Å². The van der Waals surface area contributed by atoms with E-state index < -0.39 is 15.8 Å². The monoisotopic (exact) mass is 644 g/mol. The summed E-state index contributed by atoms with van der Waals surface area (Å²) >= 11 is 6.43. The summed E-state index contributed by atoms with van der Waals surface area (Å²) < 4.78 is 46.3. The van der Waals surface area contributed by atoms with E-state index in [0.717, 1.165) is 64.1 Å². The number of halogens is 2. The minimum Gasteiger partial charge on any atom is -0.494 e. The van der Waals surface area contributed by atoms with Crippen LogP contribution in [0, 0.1) is 5.82 Å². The molecule has 6 rings (SSSR count). The highest BCUT2D eigenvalue weighted by molar-refractivity contribution is 7.92. The smallest absolute Gasteiger partial charge is 0.232 e. The minimum absolute atomic E-state index is 0.165. The lowest BCUT2D eigenvalue weighted by molar-refractivity contribution is 0.0982. The molecule has 3 aromatic rings. The number of nitrogens with one attached hydrogen (secondary N) is 2. The third-order valence-corrected chi connectivity index (χ3v) is 10.2. The number of hydrogen-bond acceptors (Lipinski definition) is 10. The SMILES string of the molecule is COc1cc(N2CCC(N3CCN(C)CC3)CC2)ccc1Nc1ncc(Cl)c(Nc2ccc(F)c3c2N(S(C)(=O)=O)CC3)n1. The summed E-state index contributed by atoms with van der Waals surface area (Å²) in [5, 5.41) is 6.53. The molecule has 0 aliphatic carbocycles. The number of fused-ring (bicyclic) bond motifs is 1. The van der Waals surface area contributed by atoms with Gasteiger partial charge in [0.05, 0.1) is 36.6 Å².